The van der Waals surface area contributed by atoms with Gasteiger partial charge in [-0.25, -0.2) is 0 Å². The monoisotopic (exact) mass is 412 g/mol. The van der Waals surface area contributed by atoms with Crippen molar-refractivity contribution in [2.75, 3.05) is 30.5 Å². The van der Waals surface area contributed by atoms with Gasteiger partial charge in [-0.2, -0.15) is 11.8 Å². The number of aryl methyl sites for hydroxylation is 1. The zero-order valence-corrected chi connectivity index (χ0v) is 17.2. The average molecular weight is 413 g/mol. The molecule has 2 amide bonds. The smallest absolute Gasteiger partial charge is 0.231 e. The SMILES string of the molecule is Cc1ccc(CSCCNC(=O)[C@@H]2CC(=O)N(c3ccc4c(c3)OCO4)C2)cc1. The van der Waals surface area contributed by atoms with Crippen LogP contribution >= 0.6 is 11.8 Å². The van der Waals surface area contributed by atoms with Crippen LogP contribution in [0.1, 0.15) is 17.5 Å². The van der Waals surface area contributed by atoms with Crippen LogP contribution < -0.4 is 19.7 Å². The number of hydrogen-bond donors (Lipinski definition) is 1. The van der Waals surface area contributed by atoms with Gasteiger partial charge in [0.25, 0.3) is 0 Å². The Morgan fingerprint density at radius 1 is 1.17 bits per heavy atom. The zero-order chi connectivity index (χ0) is 20.2. The first-order valence-corrected chi connectivity index (χ1v) is 10.9. The molecule has 0 aliphatic carbocycles. The number of carbonyl (C=O) groups excluding carboxylic acids is 2. The lowest BCUT2D eigenvalue weighted by molar-refractivity contribution is -0.126. The average Bonchev–Trinajstić information content (AvgIpc) is 3.34. The Bertz CT molecular complexity index is 900. The summed E-state index contributed by atoms with van der Waals surface area (Å²) >= 11 is 1.79. The Balaban J connectivity index is 1.22. The van der Waals surface area contributed by atoms with Crippen molar-refractivity contribution in [2.24, 2.45) is 5.92 Å². The molecule has 29 heavy (non-hydrogen) atoms. The molecule has 2 aromatic carbocycles. The van der Waals surface area contributed by atoms with Crippen LogP contribution in [0.4, 0.5) is 5.69 Å². The maximum absolute atomic E-state index is 12.5. The Labute approximate surface area is 174 Å². The number of anilines is 1. The topological polar surface area (TPSA) is 67.9 Å². The largest absolute Gasteiger partial charge is 0.454 e. The fraction of sp³-hybridized carbons (Fsp3) is 0.364. The van der Waals surface area contributed by atoms with Gasteiger partial charge in [-0.05, 0) is 24.6 Å². The molecule has 2 aliphatic rings. The van der Waals surface area contributed by atoms with Crippen LogP contribution in [-0.2, 0) is 15.3 Å². The summed E-state index contributed by atoms with van der Waals surface area (Å²) < 4.78 is 10.7. The molecule has 2 aromatic rings. The summed E-state index contributed by atoms with van der Waals surface area (Å²) in [5.41, 5.74) is 3.28. The van der Waals surface area contributed by atoms with Crippen LogP contribution in [0.25, 0.3) is 0 Å². The molecule has 1 fully saturated rings. The first-order chi connectivity index (χ1) is 14.1. The lowest BCUT2D eigenvalue weighted by Gasteiger charge is -2.17. The van der Waals surface area contributed by atoms with E-state index in [0.29, 0.717) is 24.6 Å². The summed E-state index contributed by atoms with van der Waals surface area (Å²) in [6.07, 6.45) is 0.233. The molecule has 1 atom stereocenters. The Kier molecular flexibility index (Phi) is 5.94. The second-order valence-electron chi connectivity index (χ2n) is 7.27. The van der Waals surface area contributed by atoms with Crippen LogP contribution in [0, 0.1) is 12.8 Å². The normalized spacial score (nSPS) is 17.6. The molecule has 0 unspecified atom stereocenters. The number of hydrogen-bond acceptors (Lipinski definition) is 5. The van der Waals surface area contributed by atoms with Crippen LogP contribution in [-0.4, -0.2) is 37.4 Å². The summed E-state index contributed by atoms with van der Waals surface area (Å²) in [5.74, 6) is 2.65. The maximum Gasteiger partial charge on any atom is 0.231 e. The third-order valence-electron chi connectivity index (χ3n) is 5.10. The van der Waals surface area contributed by atoms with Crippen LogP contribution in [0.5, 0.6) is 11.5 Å². The summed E-state index contributed by atoms with van der Waals surface area (Å²) in [5, 5.41) is 2.97. The predicted molar refractivity (Wildman–Crippen MR) is 113 cm³/mol. The first-order valence-electron chi connectivity index (χ1n) is 9.71. The van der Waals surface area contributed by atoms with Gasteiger partial charge in [0, 0.05) is 42.8 Å². The van der Waals surface area contributed by atoms with Crippen LogP contribution in [0.15, 0.2) is 42.5 Å². The Morgan fingerprint density at radius 2 is 1.97 bits per heavy atom. The van der Waals surface area contributed by atoms with Gasteiger partial charge in [-0.3, -0.25) is 9.59 Å². The number of thioether (sulfide) groups is 1. The molecule has 0 saturated carbocycles. The van der Waals surface area contributed by atoms with Gasteiger partial charge in [-0.1, -0.05) is 29.8 Å². The highest BCUT2D eigenvalue weighted by molar-refractivity contribution is 7.98. The van der Waals surface area contributed by atoms with Crippen molar-refractivity contribution in [3.63, 3.8) is 0 Å². The lowest BCUT2D eigenvalue weighted by atomic mass is 10.1. The first kappa shape index (κ1) is 19.6. The summed E-state index contributed by atoms with van der Waals surface area (Å²) in [6, 6.07) is 13.9. The van der Waals surface area contributed by atoms with Gasteiger partial charge in [0.1, 0.15) is 0 Å². The summed E-state index contributed by atoms with van der Waals surface area (Å²) in [4.78, 5) is 26.5. The third-order valence-corrected chi connectivity index (χ3v) is 6.13. The number of nitrogens with one attached hydrogen (secondary N) is 1. The van der Waals surface area contributed by atoms with Gasteiger partial charge in [0.2, 0.25) is 18.6 Å². The minimum absolute atomic E-state index is 0.0437. The molecule has 1 N–H and O–H groups in total. The molecule has 0 aromatic heterocycles. The number of rotatable bonds is 7. The van der Waals surface area contributed by atoms with E-state index in [1.807, 2.05) is 6.07 Å². The quantitative estimate of drug-likeness (QED) is 0.708. The molecule has 7 heteroatoms. The standard InChI is InChI=1S/C22H24N2O4S/c1-15-2-4-16(5-3-15)13-29-9-8-23-22(26)17-10-21(25)24(12-17)18-6-7-19-20(11-18)28-14-27-19/h2-7,11,17H,8-10,12-14H2,1H3,(H,23,26)/t17-/m1/s1. The number of nitrogens with zero attached hydrogens (tertiary/aromatic N) is 1. The molecule has 6 nitrogen and oxygen atoms in total. The minimum atomic E-state index is -0.324. The van der Waals surface area contributed by atoms with Crippen molar-refractivity contribution < 1.29 is 19.1 Å². The fourth-order valence-corrected chi connectivity index (χ4v) is 4.27. The van der Waals surface area contributed by atoms with E-state index < -0.39 is 0 Å². The van der Waals surface area contributed by atoms with Gasteiger partial charge in [0.05, 0.1) is 5.92 Å². The van der Waals surface area contributed by atoms with E-state index in [-0.39, 0.29) is 30.9 Å². The molecule has 0 bridgehead atoms. The lowest BCUT2D eigenvalue weighted by Crippen LogP contribution is -2.34. The van der Waals surface area contributed by atoms with Crippen molar-refractivity contribution in [3.05, 3.63) is 53.6 Å². The van der Waals surface area contributed by atoms with E-state index >= 15 is 0 Å². The molecular formula is C22H24N2O4S. The van der Waals surface area contributed by atoms with E-state index in [9.17, 15) is 9.59 Å². The second-order valence-corrected chi connectivity index (χ2v) is 8.38. The number of amides is 2. The number of carbonyl (C=O) groups is 2. The highest BCUT2D eigenvalue weighted by Crippen LogP contribution is 2.37. The van der Waals surface area contributed by atoms with E-state index in [0.717, 1.165) is 17.2 Å². The maximum atomic E-state index is 12.5. The van der Waals surface area contributed by atoms with Crippen molar-refractivity contribution in [1.29, 1.82) is 0 Å². The van der Waals surface area contributed by atoms with E-state index in [1.54, 1.807) is 28.8 Å². The van der Waals surface area contributed by atoms with Crippen LogP contribution in [0.3, 0.4) is 0 Å². The van der Waals surface area contributed by atoms with Gasteiger partial charge in [-0.15, -0.1) is 0 Å². The minimum Gasteiger partial charge on any atom is -0.454 e. The summed E-state index contributed by atoms with van der Waals surface area (Å²) in [7, 11) is 0. The Hall–Kier alpha value is -2.67. The van der Waals surface area contributed by atoms with Gasteiger partial charge < -0.3 is 19.7 Å². The molecule has 2 heterocycles. The summed E-state index contributed by atoms with van der Waals surface area (Å²) in [6.45, 7) is 3.26. The molecule has 2 aliphatic heterocycles. The third kappa shape index (κ3) is 4.67. The van der Waals surface area contributed by atoms with Crippen molar-refractivity contribution in [3.8, 4) is 11.5 Å². The van der Waals surface area contributed by atoms with E-state index in [1.165, 1.54) is 11.1 Å². The van der Waals surface area contributed by atoms with E-state index in [4.69, 9.17) is 9.47 Å². The highest BCUT2D eigenvalue weighted by Gasteiger charge is 2.35. The van der Waals surface area contributed by atoms with E-state index in [2.05, 4.69) is 36.5 Å². The number of ether oxygens (including phenoxy) is 2. The fourth-order valence-electron chi connectivity index (χ4n) is 3.45. The Morgan fingerprint density at radius 3 is 2.79 bits per heavy atom. The highest BCUT2D eigenvalue weighted by atomic mass is 32.2. The van der Waals surface area contributed by atoms with Crippen molar-refractivity contribution in [1.82, 2.24) is 5.32 Å². The predicted octanol–water partition coefficient (Wildman–Crippen LogP) is 3.13. The molecular weight excluding hydrogens is 388 g/mol. The molecule has 1 saturated heterocycles. The molecule has 152 valence electrons. The zero-order valence-electron chi connectivity index (χ0n) is 16.3. The molecule has 0 spiro atoms. The van der Waals surface area contributed by atoms with Crippen LogP contribution in [0.2, 0.25) is 0 Å². The number of benzene rings is 2. The molecule has 4 rings (SSSR count). The second kappa shape index (κ2) is 8.78. The van der Waals surface area contributed by atoms with Crippen molar-refractivity contribution in [2.45, 2.75) is 19.1 Å². The number of fused-ring (bicyclic) bond motifs is 1. The van der Waals surface area contributed by atoms with Crippen molar-refractivity contribution >= 4 is 29.3 Å². The van der Waals surface area contributed by atoms with Gasteiger partial charge >= 0.3 is 0 Å². The molecule has 0 radical (unpaired) electrons. The van der Waals surface area contributed by atoms with Gasteiger partial charge in [0.15, 0.2) is 11.5 Å².